The van der Waals surface area contributed by atoms with Gasteiger partial charge in [0.05, 0.1) is 11.2 Å². The maximum Gasteiger partial charge on any atom is 0.495 e. The lowest BCUT2D eigenvalue weighted by molar-refractivity contribution is -0.0393. The van der Waals surface area contributed by atoms with Gasteiger partial charge in [-0.1, -0.05) is 66.7 Å². The summed E-state index contributed by atoms with van der Waals surface area (Å²) in [5, 5.41) is 7.42. The highest BCUT2D eigenvalue weighted by Gasteiger charge is 2.62. The van der Waals surface area contributed by atoms with Crippen LogP contribution in [0.5, 0.6) is 0 Å². The van der Waals surface area contributed by atoms with E-state index in [1.807, 2.05) is 0 Å². The molecular weight excluding hydrogens is 563 g/mol. The van der Waals surface area contributed by atoms with E-state index in [9.17, 15) is 0 Å². The molecule has 0 N–H and O–H groups in total. The van der Waals surface area contributed by atoms with Crippen LogP contribution in [0.4, 0.5) is 0 Å². The van der Waals surface area contributed by atoms with Crippen LogP contribution in [-0.2, 0) is 14.7 Å². The molecule has 1 aromatic heterocycles. The molecule has 46 heavy (non-hydrogen) atoms. The van der Waals surface area contributed by atoms with Crippen LogP contribution in [0.2, 0.25) is 0 Å². The second kappa shape index (κ2) is 8.46. The van der Waals surface area contributed by atoms with Gasteiger partial charge in [-0.3, -0.25) is 0 Å². The summed E-state index contributed by atoms with van der Waals surface area (Å²) in [6.07, 6.45) is 6.94. The van der Waals surface area contributed by atoms with E-state index in [1.54, 1.807) is 5.56 Å². The average Bonchev–Trinajstić information content (AvgIpc) is 3.62. The largest absolute Gasteiger partial charge is 0.495 e. The zero-order chi connectivity index (χ0) is 30.7. The maximum absolute atomic E-state index is 6.98. The van der Waals surface area contributed by atoms with E-state index in [0.717, 1.165) is 44.6 Å². The molecule has 6 aliphatic rings. The third kappa shape index (κ3) is 3.09. The normalized spacial score (nSPS) is 30.0. The van der Waals surface area contributed by atoms with Crippen molar-refractivity contribution in [3.8, 4) is 11.1 Å². The number of benzene rings is 5. The van der Waals surface area contributed by atoms with Gasteiger partial charge in [-0.05, 0) is 139 Å². The third-order valence-corrected chi connectivity index (χ3v) is 13.7. The van der Waals surface area contributed by atoms with Gasteiger partial charge in [-0.2, -0.15) is 0 Å². The molecule has 4 saturated carbocycles. The molecule has 1 aliphatic heterocycles. The molecular formula is C42H39BO3. The molecule has 5 aliphatic carbocycles. The van der Waals surface area contributed by atoms with Crippen LogP contribution in [0.25, 0.3) is 54.6 Å². The summed E-state index contributed by atoms with van der Waals surface area (Å²) in [4.78, 5) is 0. The first-order chi connectivity index (χ1) is 22.2. The van der Waals surface area contributed by atoms with Crippen LogP contribution in [0.15, 0.2) is 83.3 Å². The highest BCUT2D eigenvalue weighted by atomic mass is 16.7. The van der Waals surface area contributed by atoms with Crippen molar-refractivity contribution in [1.82, 2.24) is 0 Å². The Morgan fingerprint density at radius 1 is 0.609 bits per heavy atom. The van der Waals surface area contributed by atoms with E-state index in [0.29, 0.717) is 11.8 Å². The highest BCUT2D eigenvalue weighted by molar-refractivity contribution is 6.66. The van der Waals surface area contributed by atoms with Crippen LogP contribution < -0.4 is 5.46 Å². The van der Waals surface area contributed by atoms with Crippen LogP contribution in [0.1, 0.15) is 70.9 Å². The van der Waals surface area contributed by atoms with Crippen LogP contribution in [0, 0.1) is 23.7 Å². The van der Waals surface area contributed by atoms with Crippen molar-refractivity contribution in [1.29, 1.82) is 0 Å². The smallest absolute Gasteiger partial charge is 0.455 e. The zero-order valence-corrected chi connectivity index (χ0v) is 27.2. The number of rotatable bonds is 1. The van der Waals surface area contributed by atoms with Crippen molar-refractivity contribution in [3.05, 3.63) is 90.0 Å². The molecule has 5 fully saturated rings. The second-order valence-corrected chi connectivity index (χ2v) is 16.4. The number of hydrogen-bond donors (Lipinski definition) is 0. The summed E-state index contributed by atoms with van der Waals surface area (Å²) >= 11 is 0. The van der Waals surface area contributed by atoms with Crippen LogP contribution >= 0.6 is 0 Å². The molecule has 12 rings (SSSR count). The first-order valence-electron chi connectivity index (χ1n) is 17.5. The molecule has 2 heterocycles. The Morgan fingerprint density at radius 2 is 1.26 bits per heavy atom. The van der Waals surface area contributed by atoms with E-state index in [-0.39, 0.29) is 5.41 Å². The van der Waals surface area contributed by atoms with Crippen LogP contribution in [-0.4, -0.2) is 18.3 Å². The van der Waals surface area contributed by atoms with Gasteiger partial charge in [0.2, 0.25) is 0 Å². The average molecular weight is 603 g/mol. The minimum absolute atomic E-state index is 0.0715. The van der Waals surface area contributed by atoms with Crippen molar-refractivity contribution in [2.24, 2.45) is 23.7 Å². The molecule has 228 valence electrons. The van der Waals surface area contributed by atoms with E-state index >= 15 is 0 Å². The molecule has 4 bridgehead atoms. The molecule has 1 spiro atoms. The molecule has 5 aromatic carbocycles. The molecule has 0 atom stereocenters. The fraction of sp³-hybridized carbons (Fsp3) is 0.381. The summed E-state index contributed by atoms with van der Waals surface area (Å²) < 4.78 is 20.2. The molecule has 0 radical (unpaired) electrons. The van der Waals surface area contributed by atoms with Crippen molar-refractivity contribution >= 4 is 56.1 Å². The minimum atomic E-state index is -0.443. The molecule has 1 saturated heterocycles. The summed E-state index contributed by atoms with van der Waals surface area (Å²) in [6, 6.07) is 29.8. The van der Waals surface area contributed by atoms with Gasteiger partial charge in [0.15, 0.2) is 0 Å². The summed E-state index contributed by atoms with van der Waals surface area (Å²) in [6.45, 7) is 8.52. The maximum atomic E-state index is 6.98. The fourth-order valence-electron chi connectivity index (χ4n) is 11.3. The van der Waals surface area contributed by atoms with E-state index in [4.69, 9.17) is 13.7 Å². The first kappa shape index (κ1) is 26.5. The highest BCUT2D eigenvalue weighted by Crippen LogP contribution is 2.70. The lowest BCUT2D eigenvalue weighted by Gasteiger charge is -2.61. The zero-order valence-electron chi connectivity index (χ0n) is 27.2. The second-order valence-electron chi connectivity index (χ2n) is 16.4. The topological polar surface area (TPSA) is 31.6 Å². The number of furan rings is 1. The van der Waals surface area contributed by atoms with Gasteiger partial charge in [-0.15, -0.1) is 0 Å². The fourth-order valence-corrected chi connectivity index (χ4v) is 11.3. The summed E-state index contributed by atoms with van der Waals surface area (Å²) in [5.74, 6) is 3.22. The van der Waals surface area contributed by atoms with Gasteiger partial charge in [-0.25, -0.2) is 0 Å². The molecule has 4 heteroatoms. The Kier molecular flexibility index (Phi) is 4.87. The molecule has 3 nitrogen and oxygen atoms in total. The van der Waals surface area contributed by atoms with E-state index in [2.05, 4.69) is 107 Å². The third-order valence-electron chi connectivity index (χ3n) is 13.7. The molecule has 0 amide bonds. The SMILES string of the molecule is CC1(C)OB(c2cc3c4cc5c(cc4oc3c3ccccc23)C2(c3c-5ccc4ccccc34)C3CC4CC(C3)CC2C4)OC1(C)C. The molecule has 6 aromatic rings. The monoisotopic (exact) mass is 602 g/mol. The van der Waals surface area contributed by atoms with Crippen molar-refractivity contribution in [2.45, 2.75) is 76.4 Å². The van der Waals surface area contributed by atoms with Gasteiger partial charge in [0, 0.05) is 21.6 Å². The van der Waals surface area contributed by atoms with Crippen molar-refractivity contribution in [2.75, 3.05) is 0 Å². The van der Waals surface area contributed by atoms with Gasteiger partial charge in [0.25, 0.3) is 0 Å². The van der Waals surface area contributed by atoms with E-state index in [1.165, 1.54) is 65.0 Å². The Labute approximate surface area is 270 Å². The number of hydrogen-bond acceptors (Lipinski definition) is 3. The Balaban J connectivity index is 1.21. The summed E-state index contributed by atoms with van der Waals surface area (Å²) in [5.41, 5.74) is 8.33. The van der Waals surface area contributed by atoms with Crippen molar-refractivity contribution < 1.29 is 13.7 Å². The predicted molar refractivity (Wildman–Crippen MR) is 188 cm³/mol. The minimum Gasteiger partial charge on any atom is -0.455 e. The quantitative estimate of drug-likeness (QED) is 0.176. The lowest BCUT2D eigenvalue weighted by Crippen LogP contribution is -2.55. The Hall–Kier alpha value is -3.60. The first-order valence-corrected chi connectivity index (χ1v) is 17.5. The Morgan fingerprint density at radius 3 is 1.98 bits per heavy atom. The standard InChI is InChI=1S/C42H39BO3/c1-40(2)41(3,4)46-43(45-40)36-21-34-33-20-32-30-14-13-25-9-5-6-10-28(25)38(30)42(26-16-23-15-24(18-26)19-27(42)17-23)35(32)22-37(33)44-39(34)31-12-8-7-11-29(31)36/h5-14,20-24,26-27H,15-19H2,1-4H3. The van der Waals surface area contributed by atoms with Crippen molar-refractivity contribution in [3.63, 3.8) is 0 Å². The number of fused-ring (bicyclic) bond motifs is 10. The van der Waals surface area contributed by atoms with Gasteiger partial charge in [0.1, 0.15) is 11.2 Å². The Bertz CT molecular complexity index is 2260. The predicted octanol–water partition coefficient (Wildman–Crippen LogP) is 9.91. The summed E-state index contributed by atoms with van der Waals surface area (Å²) in [7, 11) is -0.443. The van der Waals surface area contributed by atoms with Gasteiger partial charge >= 0.3 is 7.12 Å². The van der Waals surface area contributed by atoms with Crippen LogP contribution in [0.3, 0.4) is 0 Å². The lowest BCUT2D eigenvalue weighted by atomic mass is 9.43. The van der Waals surface area contributed by atoms with Gasteiger partial charge < -0.3 is 13.7 Å². The molecule has 0 unspecified atom stereocenters. The van der Waals surface area contributed by atoms with E-state index < -0.39 is 18.3 Å².